The van der Waals surface area contributed by atoms with Gasteiger partial charge in [0, 0.05) is 19.6 Å². The van der Waals surface area contributed by atoms with Crippen LogP contribution < -0.4 is 11.1 Å². The first-order valence-electron chi connectivity index (χ1n) is 6.97. The van der Waals surface area contributed by atoms with Gasteiger partial charge in [-0.15, -0.1) is 12.4 Å². The maximum absolute atomic E-state index is 12.1. The van der Waals surface area contributed by atoms with E-state index in [1.807, 2.05) is 0 Å². The molecule has 0 aromatic heterocycles. The highest BCUT2D eigenvalue weighted by Crippen LogP contribution is 2.25. The van der Waals surface area contributed by atoms with Crippen molar-refractivity contribution in [1.29, 1.82) is 0 Å². The van der Waals surface area contributed by atoms with Crippen molar-refractivity contribution in [2.24, 2.45) is 5.73 Å². The number of halogens is 1. The molecule has 1 amide bonds. The maximum Gasteiger partial charge on any atom is 0.240 e. The highest BCUT2D eigenvalue weighted by Gasteiger charge is 2.35. The molecule has 1 aliphatic heterocycles. The lowest BCUT2D eigenvalue weighted by molar-refractivity contribution is -0.128. The van der Waals surface area contributed by atoms with Crippen LogP contribution in [0.15, 0.2) is 0 Å². The minimum Gasteiger partial charge on any atom is -0.374 e. The molecular weight excluding hydrogens is 266 g/mol. The van der Waals surface area contributed by atoms with Crippen molar-refractivity contribution < 1.29 is 9.53 Å². The topological polar surface area (TPSA) is 67.6 Å². The molecule has 0 aromatic rings. The first-order valence-corrected chi connectivity index (χ1v) is 6.97. The Morgan fingerprint density at radius 2 is 2.11 bits per heavy atom. The van der Waals surface area contributed by atoms with Gasteiger partial charge in [0.15, 0.2) is 0 Å². The van der Waals surface area contributed by atoms with Crippen LogP contribution in [0.3, 0.4) is 0 Å². The lowest BCUT2D eigenvalue weighted by atomic mass is 9.82. The molecule has 0 bridgehead atoms. The van der Waals surface area contributed by atoms with Gasteiger partial charge in [-0.3, -0.25) is 4.79 Å². The third-order valence-electron chi connectivity index (χ3n) is 4.03. The average molecular weight is 292 g/mol. The van der Waals surface area contributed by atoms with Crippen LogP contribution in [0.25, 0.3) is 0 Å². The summed E-state index contributed by atoms with van der Waals surface area (Å²) in [5, 5.41) is 2.97. The van der Waals surface area contributed by atoms with Crippen molar-refractivity contribution in [3.63, 3.8) is 0 Å². The molecule has 112 valence electrons. The summed E-state index contributed by atoms with van der Waals surface area (Å²) in [4.78, 5) is 14.4. The minimum absolute atomic E-state index is 0. The molecule has 6 heteroatoms. The molecule has 1 unspecified atom stereocenters. The molecule has 3 N–H and O–H groups in total. The van der Waals surface area contributed by atoms with Gasteiger partial charge in [0.25, 0.3) is 0 Å². The van der Waals surface area contributed by atoms with Crippen LogP contribution in [0.1, 0.15) is 32.1 Å². The van der Waals surface area contributed by atoms with Gasteiger partial charge in [-0.05, 0) is 19.9 Å². The van der Waals surface area contributed by atoms with Crippen LogP contribution in [0.4, 0.5) is 0 Å². The number of carbonyl (C=O) groups excluding carboxylic acids is 1. The Balaban J connectivity index is 0.00000180. The number of rotatable bonds is 3. The molecule has 1 saturated carbocycles. The number of hydrogen-bond donors (Lipinski definition) is 2. The van der Waals surface area contributed by atoms with Crippen molar-refractivity contribution in [3.8, 4) is 0 Å². The first-order chi connectivity index (χ1) is 8.60. The number of nitrogens with two attached hydrogens (primary N) is 1. The van der Waals surface area contributed by atoms with Gasteiger partial charge in [-0.2, -0.15) is 0 Å². The largest absolute Gasteiger partial charge is 0.374 e. The highest BCUT2D eigenvalue weighted by molar-refractivity contribution is 5.86. The lowest BCUT2D eigenvalue weighted by Gasteiger charge is -2.34. The fourth-order valence-electron chi connectivity index (χ4n) is 2.78. The zero-order valence-electron chi connectivity index (χ0n) is 11.7. The fourth-order valence-corrected chi connectivity index (χ4v) is 2.78. The van der Waals surface area contributed by atoms with Gasteiger partial charge in [-0.1, -0.05) is 19.3 Å². The van der Waals surface area contributed by atoms with Crippen LogP contribution in [0.2, 0.25) is 0 Å². The van der Waals surface area contributed by atoms with E-state index < -0.39 is 5.54 Å². The Hall–Kier alpha value is -0.360. The monoisotopic (exact) mass is 291 g/mol. The van der Waals surface area contributed by atoms with Gasteiger partial charge >= 0.3 is 0 Å². The smallest absolute Gasteiger partial charge is 0.240 e. The quantitative estimate of drug-likeness (QED) is 0.795. The molecule has 5 nitrogen and oxygen atoms in total. The van der Waals surface area contributed by atoms with E-state index in [4.69, 9.17) is 10.5 Å². The number of carbonyl (C=O) groups is 1. The standard InChI is InChI=1S/C13H25N3O2.ClH/c1-16-7-8-18-11(10-16)9-15-12(17)13(14)5-3-2-4-6-13;/h11H,2-10,14H2,1H3,(H,15,17);1H. The number of nitrogens with one attached hydrogen (secondary N) is 1. The van der Waals surface area contributed by atoms with E-state index in [1.54, 1.807) is 0 Å². The summed E-state index contributed by atoms with van der Waals surface area (Å²) in [6.45, 7) is 3.15. The van der Waals surface area contributed by atoms with Gasteiger partial charge < -0.3 is 20.7 Å². The van der Waals surface area contributed by atoms with E-state index in [-0.39, 0.29) is 24.4 Å². The Labute approximate surface area is 121 Å². The van der Waals surface area contributed by atoms with E-state index in [0.717, 1.165) is 45.4 Å². The molecule has 1 atom stereocenters. The number of hydrogen-bond acceptors (Lipinski definition) is 4. The molecule has 1 saturated heterocycles. The lowest BCUT2D eigenvalue weighted by Crippen LogP contribution is -2.57. The number of likely N-dealkylation sites (N-methyl/N-ethyl adjacent to an activating group) is 1. The molecule has 0 radical (unpaired) electrons. The maximum atomic E-state index is 12.1. The third-order valence-corrected chi connectivity index (χ3v) is 4.03. The predicted molar refractivity (Wildman–Crippen MR) is 77.5 cm³/mol. The number of ether oxygens (including phenoxy) is 1. The van der Waals surface area contributed by atoms with Gasteiger partial charge in [0.05, 0.1) is 18.2 Å². The second kappa shape index (κ2) is 7.43. The predicted octanol–water partition coefficient (Wildman–Crippen LogP) is 0.517. The molecule has 0 spiro atoms. The van der Waals surface area contributed by atoms with Crippen molar-refractivity contribution in [3.05, 3.63) is 0 Å². The highest BCUT2D eigenvalue weighted by atomic mass is 35.5. The van der Waals surface area contributed by atoms with Crippen LogP contribution in [0.5, 0.6) is 0 Å². The van der Waals surface area contributed by atoms with Crippen molar-refractivity contribution in [1.82, 2.24) is 10.2 Å². The van der Waals surface area contributed by atoms with Crippen molar-refractivity contribution in [2.45, 2.75) is 43.7 Å². The van der Waals surface area contributed by atoms with Crippen LogP contribution in [0, 0.1) is 0 Å². The van der Waals surface area contributed by atoms with Crippen molar-refractivity contribution >= 4 is 18.3 Å². The third kappa shape index (κ3) is 4.60. The number of nitrogens with zero attached hydrogens (tertiary/aromatic N) is 1. The van der Waals surface area contributed by atoms with Gasteiger partial charge in [0.1, 0.15) is 0 Å². The zero-order valence-corrected chi connectivity index (χ0v) is 12.5. The molecule has 19 heavy (non-hydrogen) atoms. The zero-order chi connectivity index (χ0) is 13.0. The summed E-state index contributed by atoms with van der Waals surface area (Å²) >= 11 is 0. The average Bonchev–Trinajstić information content (AvgIpc) is 2.37. The van der Waals surface area contributed by atoms with E-state index in [0.29, 0.717) is 6.54 Å². The molecule has 2 fully saturated rings. The van der Waals surface area contributed by atoms with Gasteiger partial charge in [-0.25, -0.2) is 0 Å². The molecule has 1 heterocycles. The normalized spacial score (nSPS) is 27.4. The van der Waals surface area contributed by atoms with Crippen molar-refractivity contribution in [2.75, 3.05) is 33.3 Å². The van der Waals surface area contributed by atoms with Crippen LogP contribution in [-0.4, -0.2) is 55.7 Å². The molecule has 0 aromatic carbocycles. The SMILES string of the molecule is CN1CCOC(CNC(=O)C2(N)CCCCC2)C1.Cl. The Morgan fingerprint density at radius 1 is 1.42 bits per heavy atom. The molecular formula is C13H26ClN3O2. The summed E-state index contributed by atoms with van der Waals surface area (Å²) in [6.07, 6.45) is 5.04. The summed E-state index contributed by atoms with van der Waals surface area (Å²) in [7, 11) is 2.07. The fraction of sp³-hybridized carbons (Fsp3) is 0.923. The molecule has 2 rings (SSSR count). The Kier molecular flexibility index (Phi) is 6.53. The van der Waals surface area contributed by atoms with E-state index in [1.165, 1.54) is 6.42 Å². The second-order valence-corrected chi connectivity index (χ2v) is 5.68. The van der Waals surface area contributed by atoms with Crippen LogP contribution in [-0.2, 0) is 9.53 Å². The second-order valence-electron chi connectivity index (χ2n) is 5.68. The summed E-state index contributed by atoms with van der Waals surface area (Å²) < 4.78 is 5.62. The number of morpholine rings is 1. The summed E-state index contributed by atoms with van der Waals surface area (Å²) in [5.74, 6) is -0.000901. The summed E-state index contributed by atoms with van der Waals surface area (Å²) in [5.41, 5.74) is 5.54. The van der Waals surface area contributed by atoms with E-state index in [9.17, 15) is 4.79 Å². The van der Waals surface area contributed by atoms with Gasteiger partial charge in [0.2, 0.25) is 5.91 Å². The van der Waals surface area contributed by atoms with E-state index >= 15 is 0 Å². The first kappa shape index (κ1) is 16.7. The Morgan fingerprint density at radius 3 is 2.74 bits per heavy atom. The molecule has 1 aliphatic carbocycles. The van der Waals surface area contributed by atoms with E-state index in [2.05, 4.69) is 17.3 Å². The molecule has 2 aliphatic rings. The Bertz CT molecular complexity index is 296. The number of amides is 1. The van der Waals surface area contributed by atoms with Crippen LogP contribution >= 0.6 is 12.4 Å². The summed E-state index contributed by atoms with van der Waals surface area (Å²) in [6, 6.07) is 0. The minimum atomic E-state index is -0.640.